The van der Waals surface area contributed by atoms with E-state index in [2.05, 4.69) is 10.0 Å². The van der Waals surface area contributed by atoms with Gasteiger partial charge < -0.3 is 10.1 Å². The van der Waals surface area contributed by atoms with Crippen LogP contribution >= 0.6 is 11.6 Å². The largest absolute Gasteiger partial charge is 0.495 e. The molecule has 0 aromatic heterocycles. The van der Waals surface area contributed by atoms with Crippen molar-refractivity contribution in [3.8, 4) is 5.75 Å². The molecule has 0 spiro atoms. The fraction of sp³-hybridized carbons (Fsp3) is 0.278. The molecule has 6 nitrogen and oxygen atoms in total. The Morgan fingerprint density at radius 1 is 1.23 bits per heavy atom. The van der Waals surface area contributed by atoms with Crippen LogP contribution in [0.2, 0.25) is 5.02 Å². The van der Waals surface area contributed by atoms with Crippen LogP contribution in [0.3, 0.4) is 0 Å². The van der Waals surface area contributed by atoms with Crippen molar-refractivity contribution in [2.75, 3.05) is 12.4 Å². The van der Waals surface area contributed by atoms with E-state index in [1.54, 1.807) is 25.1 Å². The normalized spacial score (nSPS) is 12.5. The Morgan fingerprint density at radius 3 is 2.58 bits per heavy atom. The molecule has 140 valence electrons. The third kappa shape index (κ3) is 4.97. The third-order valence-electron chi connectivity index (χ3n) is 3.78. The number of nitrogens with one attached hydrogen (secondary N) is 2. The molecule has 0 radical (unpaired) electrons. The highest BCUT2D eigenvalue weighted by atomic mass is 35.5. The molecule has 1 amide bonds. The number of hydrogen-bond donors (Lipinski definition) is 2. The molecule has 2 N–H and O–H groups in total. The van der Waals surface area contributed by atoms with Crippen LogP contribution in [0.5, 0.6) is 5.75 Å². The first-order valence-corrected chi connectivity index (χ1v) is 9.90. The van der Waals surface area contributed by atoms with Crippen LogP contribution in [0.15, 0.2) is 47.4 Å². The zero-order chi connectivity index (χ0) is 19.3. The van der Waals surface area contributed by atoms with Crippen molar-refractivity contribution in [1.82, 2.24) is 4.72 Å². The minimum atomic E-state index is -3.70. The monoisotopic (exact) mass is 396 g/mol. The van der Waals surface area contributed by atoms with Crippen LogP contribution in [0.25, 0.3) is 0 Å². The Balaban J connectivity index is 2.34. The van der Waals surface area contributed by atoms with Crippen LogP contribution in [0.1, 0.15) is 30.6 Å². The van der Waals surface area contributed by atoms with Gasteiger partial charge in [0.1, 0.15) is 5.75 Å². The van der Waals surface area contributed by atoms with Crippen molar-refractivity contribution in [3.63, 3.8) is 0 Å². The average molecular weight is 397 g/mol. The lowest BCUT2D eigenvalue weighted by Crippen LogP contribution is -2.32. The molecular formula is C18H21ClN2O4S. The van der Waals surface area contributed by atoms with Crippen molar-refractivity contribution in [3.05, 3.63) is 53.1 Å². The van der Waals surface area contributed by atoms with E-state index in [-0.39, 0.29) is 16.6 Å². The van der Waals surface area contributed by atoms with Gasteiger partial charge in [-0.15, -0.1) is 0 Å². The second kappa shape index (κ2) is 8.53. The number of anilines is 1. The number of methoxy groups -OCH3 is 1. The standard InChI is InChI=1S/C18H21ClN2O4S/c1-4-12(2)21-26(23,24)15-8-9-17(25-3)16(11-15)20-18(22)13-6-5-7-14(19)10-13/h5-12,21H,4H2,1-3H3,(H,20,22)/t12-/m0/s1. The summed E-state index contributed by atoms with van der Waals surface area (Å²) in [6, 6.07) is 10.5. The van der Waals surface area contributed by atoms with Crippen LogP contribution in [-0.4, -0.2) is 27.5 Å². The number of benzene rings is 2. The lowest BCUT2D eigenvalue weighted by Gasteiger charge is -2.15. The van der Waals surface area contributed by atoms with E-state index in [1.807, 2.05) is 6.92 Å². The lowest BCUT2D eigenvalue weighted by molar-refractivity contribution is 0.102. The Hall–Kier alpha value is -2.09. The maximum Gasteiger partial charge on any atom is 0.255 e. The lowest BCUT2D eigenvalue weighted by atomic mass is 10.2. The van der Waals surface area contributed by atoms with Gasteiger partial charge in [-0.2, -0.15) is 0 Å². The highest BCUT2D eigenvalue weighted by molar-refractivity contribution is 7.89. The van der Waals surface area contributed by atoms with Gasteiger partial charge in [0, 0.05) is 16.6 Å². The summed E-state index contributed by atoms with van der Waals surface area (Å²) in [7, 11) is -2.26. The predicted molar refractivity (Wildman–Crippen MR) is 102 cm³/mol. The van der Waals surface area contributed by atoms with E-state index in [1.165, 1.54) is 31.4 Å². The molecule has 26 heavy (non-hydrogen) atoms. The molecule has 0 saturated heterocycles. The molecule has 0 unspecified atom stereocenters. The van der Waals surface area contributed by atoms with Gasteiger partial charge in [0.05, 0.1) is 17.7 Å². The van der Waals surface area contributed by atoms with Crippen LogP contribution in [0.4, 0.5) is 5.69 Å². The van der Waals surface area contributed by atoms with Crippen molar-refractivity contribution in [2.45, 2.75) is 31.2 Å². The van der Waals surface area contributed by atoms with Gasteiger partial charge in [-0.3, -0.25) is 4.79 Å². The third-order valence-corrected chi connectivity index (χ3v) is 5.61. The second-order valence-electron chi connectivity index (χ2n) is 5.76. The minimum Gasteiger partial charge on any atom is -0.495 e. The fourth-order valence-electron chi connectivity index (χ4n) is 2.19. The summed E-state index contributed by atoms with van der Waals surface area (Å²) in [5.41, 5.74) is 0.607. The number of ether oxygens (including phenoxy) is 1. The summed E-state index contributed by atoms with van der Waals surface area (Å²) < 4.78 is 32.7. The van der Waals surface area contributed by atoms with Gasteiger partial charge in [-0.25, -0.2) is 13.1 Å². The molecule has 0 aliphatic carbocycles. The molecule has 2 aromatic carbocycles. The fourth-order valence-corrected chi connectivity index (χ4v) is 3.74. The molecule has 0 saturated carbocycles. The number of halogens is 1. The molecule has 0 bridgehead atoms. The number of amides is 1. The highest BCUT2D eigenvalue weighted by Gasteiger charge is 2.19. The van der Waals surface area contributed by atoms with Gasteiger partial charge in [0.2, 0.25) is 10.0 Å². The first-order chi connectivity index (χ1) is 12.3. The molecular weight excluding hydrogens is 376 g/mol. The van der Waals surface area contributed by atoms with E-state index in [0.29, 0.717) is 22.8 Å². The molecule has 0 fully saturated rings. The van der Waals surface area contributed by atoms with E-state index in [0.717, 1.165) is 0 Å². The Morgan fingerprint density at radius 2 is 1.96 bits per heavy atom. The topological polar surface area (TPSA) is 84.5 Å². The molecule has 0 aliphatic heterocycles. The van der Waals surface area contributed by atoms with Crippen LogP contribution < -0.4 is 14.8 Å². The first-order valence-electron chi connectivity index (χ1n) is 8.04. The summed E-state index contributed by atoms with van der Waals surface area (Å²) in [5, 5.41) is 3.10. The summed E-state index contributed by atoms with van der Waals surface area (Å²) in [6.45, 7) is 3.67. The minimum absolute atomic E-state index is 0.0417. The van der Waals surface area contributed by atoms with Gasteiger partial charge >= 0.3 is 0 Å². The number of hydrogen-bond acceptors (Lipinski definition) is 4. The van der Waals surface area contributed by atoms with Crippen molar-refractivity contribution in [1.29, 1.82) is 0 Å². The van der Waals surface area contributed by atoms with Crippen molar-refractivity contribution in [2.24, 2.45) is 0 Å². The summed E-state index contributed by atoms with van der Waals surface area (Å²) in [5.74, 6) is -0.0712. The van der Waals surface area contributed by atoms with Gasteiger partial charge in [-0.1, -0.05) is 24.6 Å². The molecule has 2 aromatic rings. The number of sulfonamides is 1. The van der Waals surface area contributed by atoms with Gasteiger partial charge in [-0.05, 0) is 49.7 Å². The zero-order valence-corrected chi connectivity index (χ0v) is 16.3. The summed E-state index contributed by atoms with van der Waals surface area (Å²) in [4.78, 5) is 12.5. The van der Waals surface area contributed by atoms with Crippen LogP contribution in [-0.2, 0) is 10.0 Å². The molecule has 8 heteroatoms. The van der Waals surface area contributed by atoms with E-state index < -0.39 is 15.9 Å². The molecule has 2 rings (SSSR count). The molecule has 0 aliphatic rings. The number of rotatable bonds is 7. The second-order valence-corrected chi connectivity index (χ2v) is 7.91. The maximum absolute atomic E-state index is 12.5. The maximum atomic E-state index is 12.5. The first kappa shape index (κ1) is 20.2. The predicted octanol–water partition coefficient (Wildman–Crippen LogP) is 3.68. The van der Waals surface area contributed by atoms with E-state index >= 15 is 0 Å². The quantitative estimate of drug-likeness (QED) is 0.747. The average Bonchev–Trinajstić information content (AvgIpc) is 2.61. The summed E-state index contributed by atoms with van der Waals surface area (Å²) >= 11 is 5.91. The van der Waals surface area contributed by atoms with Crippen molar-refractivity contribution >= 4 is 33.2 Å². The Kier molecular flexibility index (Phi) is 6.63. The number of carbonyl (C=O) groups is 1. The van der Waals surface area contributed by atoms with Crippen LogP contribution in [0, 0.1) is 0 Å². The van der Waals surface area contributed by atoms with E-state index in [4.69, 9.17) is 16.3 Å². The number of carbonyl (C=O) groups excluding carboxylic acids is 1. The molecule has 0 heterocycles. The zero-order valence-electron chi connectivity index (χ0n) is 14.7. The van der Waals surface area contributed by atoms with Gasteiger partial charge in [0.25, 0.3) is 5.91 Å². The smallest absolute Gasteiger partial charge is 0.255 e. The highest BCUT2D eigenvalue weighted by Crippen LogP contribution is 2.28. The van der Waals surface area contributed by atoms with Gasteiger partial charge in [0.15, 0.2) is 0 Å². The Bertz CT molecular complexity index is 900. The Labute approximate surface area is 158 Å². The van der Waals surface area contributed by atoms with Crippen molar-refractivity contribution < 1.29 is 17.9 Å². The van der Waals surface area contributed by atoms with E-state index in [9.17, 15) is 13.2 Å². The SMILES string of the molecule is CC[C@H](C)NS(=O)(=O)c1ccc(OC)c(NC(=O)c2cccc(Cl)c2)c1. The summed E-state index contributed by atoms with van der Waals surface area (Å²) in [6.07, 6.45) is 0.660. The molecule has 1 atom stereocenters.